The van der Waals surface area contributed by atoms with Crippen molar-refractivity contribution in [1.29, 1.82) is 0 Å². The Hall–Kier alpha value is -6.25. The molecule has 0 spiro atoms. The molecule has 0 aliphatic heterocycles. The second kappa shape index (κ2) is 11.3. The largest absolute Gasteiger partial charge is 0.292 e. The summed E-state index contributed by atoms with van der Waals surface area (Å²) >= 11 is 0. The predicted octanol–water partition coefficient (Wildman–Crippen LogP) is 12.0. The van der Waals surface area contributed by atoms with Crippen LogP contribution in [-0.2, 0) is 0 Å². The van der Waals surface area contributed by atoms with E-state index in [1.807, 2.05) is 42.5 Å². The zero-order valence-electron chi connectivity index (χ0n) is 37.7. The van der Waals surface area contributed by atoms with Gasteiger partial charge in [0.05, 0.1) is 28.9 Å². The molecule has 0 radical (unpaired) electrons. The SMILES string of the molecule is [2H]c1c([2H])c([2H])c(-c2nc3ccccc3n2-c2cccc(-c3c4c([2H])c([2H])c([2H])c([2H])c4c(-c4ccccc4-c4ccccc4)c4c([2H])c([2H])c([2H])c([2H])c34)c2)c([2H])c1[2H]. The minimum absolute atomic E-state index is 0.0369. The Morgan fingerprint density at radius 2 is 1.02 bits per heavy atom. The van der Waals surface area contributed by atoms with Crippen LogP contribution in [0.4, 0.5) is 0 Å². The summed E-state index contributed by atoms with van der Waals surface area (Å²) in [6.07, 6.45) is 0. The van der Waals surface area contributed by atoms with E-state index in [9.17, 15) is 5.48 Å². The van der Waals surface area contributed by atoms with Gasteiger partial charge in [-0.1, -0.05) is 157 Å². The summed E-state index contributed by atoms with van der Waals surface area (Å²) in [4.78, 5) is 4.76. The Balaban J connectivity index is 1.46. The highest BCUT2D eigenvalue weighted by atomic mass is 15.1. The summed E-state index contributed by atoms with van der Waals surface area (Å²) in [5, 5.41) is 0.204. The van der Waals surface area contributed by atoms with Crippen LogP contribution in [0.1, 0.15) is 17.8 Å². The molecular weight excluding hydrogens is 569 g/mol. The molecule has 47 heavy (non-hydrogen) atoms. The molecule has 1 aromatic heterocycles. The van der Waals surface area contributed by atoms with Crippen LogP contribution in [0.5, 0.6) is 0 Å². The Labute approximate surface area is 292 Å². The van der Waals surface area contributed by atoms with Gasteiger partial charge in [0.15, 0.2) is 0 Å². The zero-order chi connectivity index (χ0) is 42.5. The maximum atomic E-state index is 9.45. The Bertz CT molecular complexity index is 3200. The molecule has 1 heterocycles. The molecule has 0 aliphatic carbocycles. The number of benzene rings is 8. The molecule has 0 bridgehead atoms. The maximum Gasteiger partial charge on any atom is 0.145 e. The lowest BCUT2D eigenvalue weighted by Crippen LogP contribution is -1.98. The Morgan fingerprint density at radius 1 is 0.447 bits per heavy atom. The van der Waals surface area contributed by atoms with Crippen LogP contribution in [0.3, 0.4) is 0 Å². The second-order valence-corrected chi connectivity index (χ2v) is 11.0. The van der Waals surface area contributed by atoms with Gasteiger partial charge in [0.1, 0.15) is 5.82 Å². The van der Waals surface area contributed by atoms with Crippen LogP contribution in [0, 0.1) is 0 Å². The van der Waals surface area contributed by atoms with Gasteiger partial charge in [-0.15, -0.1) is 0 Å². The standard InChI is InChI=1S/C45H30N2/c1-3-16-31(17-4-1)35-22-7-8-23-36(35)44-39-26-11-9-24-37(39)43(38-25-10-12-27-40(38)44)33-20-15-21-34(30-33)47-42-29-14-13-28-41(42)46-45(47)32-18-5-2-6-19-32/h1-30H/i2D,5D,6D,9D,10D,11D,12D,18D,19D,24D,25D,26D,27D. The minimum Gasteiger partial charge on any atom is -0.292 e. The van der Waals surface area contributed by atoms with Crippen molar-refractivity contribution in [2.75, 3.05) is 0 Å². The summed E-state index contributed by atoms with van der Waals surface area (Å²) in [6, 6.07) is 24.2. The van der Waals surface area contributed by atoms with Crippen molar-refractivity contribution in [3.05, 3.63) is 182 Å². The zero-order valence-corrected chi connectivity index (χ0v) is 24.7. The number of aromatic nitrogens is 2. The molecule has 0 saturated carbocycles. The van der Waals surface area contributed by atoms with E-state index in [1.165, 1.54) is 0 Å². The van der Waals surface area contributed by atoms with E-state index in [-0.39, 0.29) is 56.1 Å². The Morgan fingerprint density at radius 3 is 1.74 bits per heavy atom. The topological polar surface area (TPSA) is 17.8 Å². The number of nitrogens with zero attached hydrogens (tertiary/aromatic N) is 2. The normalized spacial score (nSPS) is 15.3. The number of rotatable bonds is 5. The van der Waals surface area contributed by atoms with Crippen LogP contribution in [0.15, 0.2) is 182 Å². The molecule has 0 amide bonds. The highest BCUT2D eigenvalue weighted by molar-refractivity contribution is 6.22. The van der Waals surface area contributed by atoms with E-state index in [2.05, 4.69) is 0 Å². The average molecular weight is 612 g/mol. The average Bonchev–Trinajstić information content (AvgIpc) is 3.65. The highest BCUT2D eigenvalue weighted by Gasteiger charge is 2.20. The lowest BCUT2D eigenvalue weighted by Gasteiger charge is -2.20. The number of hydrogen-bond acceptors (Lipinski definition) is 1. The molecule has 0 saturated heterocycles. The van der Waals surface area contributed by atoms with Crippen molar-refractivity contribution in [2.24, 2.45) is 0 Å². The summed E-state index contributed by atoms with van der Waals surface area (Å²) in [6.45, 7) is 0. The van der Waals surface area contributed by atoms with Crippen molar-refractivity contribution in [3.8, 4) is 50.5 Å². The monoisotopic (exact) mass is 611 g/mol. The predicted molar refractivity (Wildman–Crippen MR) is 198 cm³/mol. The van der Waals surface area contributed by atoms with Gasteiger partial charge in [0.2, 0.25) is 0 Å². The van der Waals surface area contributed by atoms with Crippen molar-refractivity contribution in [3.63, 3.8) is 0 Å². The van der Waals surface area contributed by atoms with E-state index in [0.29, 0.717) is 33.4 Å². The molecule has 0 fully saturated rings. The third-order valence-electron chi connectivity index (χ3n) is 8.33. The third-order valence-corrected chi connectivity index (χ3v) is 8.33. The fourth-order valence-corrected chi connectivity index (χ4v) is 6.37. The summed E-state index contributed by atoms with van der Waals surface area (Å²) in [5.41, 5.74) is 3.91. The summed E-state index contributed by atoms with van der Waals surface area (Å²) < 4.78 is 118. The lowest BCUT2D eigenvalue weighted by atomic mass is 9.84. The first-order valence-electron chi connectivity index (χ1n) is 21.5. The smallest absolute Gasteiger partial charge is 0.145 e. The molecule has 0 N–H and O–H groups in total. The van der Waals surface area contributed by atoms with E-state index < -0.39 is 66.5 Å². The van der Waals surface area contributed by atoms with E-state index in [4.69, 9.17) is 17.3 Å². The van der Waals surface area contributed by atoms with E-state index in [0.717, 1.165) is 5.56 Å². The molecule has 9 aromatic rings. The fourth-order valence-electron chi connectivity index (χ4n) is 6.37. The van der Waals surface area contributed by atoms with Gasteiger partial charge >= 0.3 is 0 Å². The first kappa shape index (κ1) is 16.9. The van der Waals surface area contributed by atoms with Crippen molar-refractivity contribution >= 4 is 32.6 Å². The molecule has 220 valence electrons. The van der Waals surface area contributed by atoms with Gasteiger partial charge in [-0.25, -0.2) is 4.98 Å². The molecule has 2 heteroatoms. The number of hydrogen-bond donors (Lipinski definition) is 0. The van der Waals surface area contributed by atoms with Gasteiger partial charge in [-0.2, -0.15) is 0 Å². The van der Waals surface area contributed by atoms with E-state index >= 15 is 0 Å². The second-order valence-electron chi connectivity index (χ2n) is 11.0. The van der Waals surface area contributed by atoms with Gasteiger partial charge in [0.25, 0.3) is 0 Å². The molecule has 0 unspecified atom stereocenters. The molecular formula is C45H30N2. The third kappa shape index (κ3) is 4.54. The Kier molecular flexibility index (Phi) is 4.05. The van der Waals surface area contributed by atoms with Crippen LogP contribution in [0.25, 0.3) is 83.0 Å². The van der Waals surface area contributed by atoms with Crippen LogP contribution < -0.4 is 0 Å². The van der Waals surface area contributed by atoms with Gasteiger partial charge in [0, 0.05) is 11.3 Å². The molecule has 8 aromatic carbocycles. The van der Waals surface area contributed by atoms with Gasteiger partial charge in [-0.3, -0.25) is 4.57 Å². The van der Waals surface area contributed by atoms with Crippen LogP contribution >= 0.6 is 0 Å². The fraction of sp³-hybridized carbons (Fsp3) is 0. The molecule has 0 aliphatic rings. The summed E-state index contributed by atoms with van der Waals surface area (Å²) in [5.74, 6) is 0.0526. The van der Waals surface area contributed by atoms with Crippen molar-refractivity contribution in [2.45, 2.75) is 0 Å². The lowest BCUT2D eigenvalue weighted by molar-refractivity contribution is 1.10. The highest BCUT2D eigenvalue weighted by Crippen LogP contribution is 2.46. The number of imidazole rings is 1. The van der Waals surface area contributed by atoms with Crippen LogP contribution in [-0.4, -0.2) is 9.55 Å². The minimum atomic E-state index is -0.555. The first-order valence-corrected chi connectivity index (χ1v) is 15.0. The molecule has 9 rings (SSSR count). The van der Waals surface area contributed by atoms with E-state index in [1.54, 1.807) is 65.2 Å². The van der Waals surface area contributed by atoms with Crippen molar-refractivity contribution < 1.29 is 17.8 Å². The first-order chi connectivity index (χ1) is 28.7. The summed E-state index contributed by atoms with van der Waals surface area (Å²) in [7, 11) is 0. The number of fused-ring (bicyclic) bond motifs is 3. The molecule has 0 atom stereocenters. The quantitative estimate of drug-likeness (QED) is 0.177. The number of para-hydroxylation sites is 2. The van der Waals surface area contributed by atoms with Crippen molar-refractivity contribution in [1.82, 2.24) is 9.55 Å². The van der Waals surface area contributed by atoms with Gasteiger partial charge < -0.3 is 0 Å². The van der Waals surface area contributed by atoms with Gasteiger partial charge in [-0.05, 0) is 79.2 Å². The maximum absolute atomic E-state index is 9.45. The molecule has 2 nitrogen and oxygen atoms in total. The van der Waals surface area contributed by atoms with Crippen LogP contribution in [0.2, 0.25) is 0 Å².